The van der Waals surface area contributed by atoms with Crippen molar-refractivity contribution in [2.45, 2.75) is 19.9 Å². The largest absolute Gasteiger partial charge is 0.384 e. The summed E-state index contributed by atoms with van der Waals surface area (Å²) in [5.74, 6) is 0.565. The number of aromatic nitrogens is 1. The molecule has 0 unspecified atom stereocenters. The van der Waals surface area contributed by atoms with E-state index in [1.165, 1.54) is 0 Å². The summed E-state index contributed by atoms with van der Waals surface area (Å²) >= 11 is 0. The molecule has 0 atom stereocenters. The summed E-state index contributed by atoms with van der Waals surface area (Å²) in [4.78, 5) is 17.4. The number of carbonyl (C=O) groups excluding carboxylic acids is 1. The van der Waals surface area contributed by atoms with Crippen molar-refractivity contribution in [3.05, 3.63) is 23.9 Å². The SMILES string of the molecule is CCCNC(=O)CN(C)Cc1ccc(N)nc1. The van der Waals surface area contributed by atoms with Gasteiger partial charge in [0.05, 0.1) is 6.54 Å². The second-order valence-electron chi connectivity index (χ2n) is 4.11. The molecule has 0 radical (unpaired) electrons. The maximum Gasteiger partial charge on any atom is 0.234 e. The van der Waals surface area contributed by atoms with Gasteiger partial charge < -0.3 is 11.1 Å². The molecule has 0 fully saturated rings. The van der Waals surface area contributed by atoms with Gasteiger partial charge >= 0.3 is 0 Å². The first kappa shape index (κ1) is 13.4. The first-order valence-electron chi connectivity index (χ1n) is 5.77. The Morgan fingerprint density at radius 3 is 2.88 bits per heavy atom. The average Bonchev–Trinajstić information content (AvgIpc) is 2.29. The number of amides is 1. The summed E-state index contributed by atoms with van der Waals surface area (Å²) in [7, 11) is 1.90. The van der Waals surface area contributed by atoms with Crippen LogP contribution in [0.15, 0.2) is 18.3 Å². The Morgan fingerprint density at radius 2 is 2.29 bits per heavy atom. The van der Waals surface area contributed by atoms with Crippen LogP contribution in [0.25, 0.3) is 0 Å². The van der Waals surface area contributed by atoms with Crippen LogP contribution >= 0.6 is 0 Å². The Morgan fingerprint density at radius 1 is 1.53 bits per heavy atom. The predicted octanol–water partition coefficient (Wildman–Crippen LogP) is 0.622. The zero-order valence-corrected chi connectivity index (χ0v) is 10.4. The molecule has 0 saturated heterocycles. The highest BCUT2D eigenvalue weighted by Gasteiger charge is 2.06. The molecular formula is C12H20N4O. The van der Waals surface area contributed by atoms with Crippen molar-refractivity contribution in [2.75, 3.05) is 25.9 Å². The quantitative estimate of drug-likeness (QED) is 0.759. The second kappa shape index (κ2) is 6.85. The van der Waals surface area contributed by atoms with Crippen LogP contribution in [0.3, 0.4) is 0 Å². The van der Waals surface area contributed by atoms with Crippen molar-refractivity contribution >= 4 is 11.7 Å². The van der Waals surface area contributed by atoms with Crippen LogP contribution in [0.5, 0.6) is 0 Å². The normalized spacial score (nSPS) is 10.5. The predicted molar refractivity (Wildman–Crippen MR) is 68.3 cm³/mol. The minimum atomic E-state index is 0.0535. The van der Waals surface area contributed by atoms with Crippen molar-refractivity contribution in [3.8, 4) is 0 Å². The minimum Gasteiger partial charge on any atom is -0.384 e. The first-order chi connectivity index (χ1) is 8.11. The number of likely N-dealkylation sites (N-methyl/N-ethyl adjacent to an activating group) is 1. The standard InChI is InChI=1S/C12H20N4O/c1-3-6-14-12(17)9-16(2)8-10-4-5-11(13)15-7-10/h4-5,7H,3,6,8-9H2,1-2H3,(H2,13,15)(H,14,17). The summed E-state index contributed by atoms with van der Waals surface area (Å²) < 4.78 is 0. The number of anilines is 1. The van der Waals surface area contributed by atoms with Gasteiger partial charge in [0, 0.05) is 19.3 Å². The van der Waals surface area contributed by atoms with Crippen molar-refractivity contribution < 1.29 is 4.79 Å². The van der Waals surface area contributed by atoms with Crippen LogP contribution in [-0.2, 0) is 11.3 Å². The molecule has 0 aliphatic heterocycles. The second-order valence-corrected chi connectivity index (χ2v) is 4.11. The van der Waals surface area contributed by atoms with Crippen LogP contribution in [0.2, 0.25) is 0 Å². The molecule has 1 aromatic heterocycles. The Labute approximate surface area is 102 Å². The fourth-order valence-corrected chi connectivity index (χ4v) is 1.46. The molecule has 1 heterocycles. The Balaban J connectivity index is 2.36. The lowest BCUT2D eigenvalue weighted by molar-refractivity contribution is -0.122. The lowest BCUT2D eigenvalue weighted by atomic mass is 10.2. The third-order valence-electron chi connectivity index (χ3n) is 2.29. The number of hydrogen-bond acceptors (Lipinski definition) is 4. The van der Waals surface area contributed by atoms with Gasteiger partial charge in [-0.15, -0.1) is 0 Å². The van der Waals surface area contributed by atoms with Gasteiger partial charge in [0.1, 0.15) is 5.82 Å². The molecule has 1 rings (SSSR count). The molecule has 0 aromatic carbocycles. The third kappa shape index (κ3) is 5.31. The fourth-order valence-electron chi connectivity index (χ4n) is 1.46. The number of nitrogens with one attached hydrogen (secondary N) is 1. The maximum atomic E-state index is 11.5. The van der Waals surface area contributed by atoms with E-state index >= 15 is 0 Å². The molecule has 0 aliphatic carbocycles. The van der Waals surface area contributed by atoms with Crippen molar-refractivity contribution in [2.24, 2.45) is 0 Å². The lowest BCUT2D eigenvalue weighted by Gasteiger charge is -2.16. The monoisotopic (exact) mass is 236 g/mol. The summed E-state index contributed by atoms with van der Waals surface area (Å²) in [6.45, 7) is 3.84. The van der Waals surface area contributed by atoms with Gasteiger partial charge in [-0.25, -0.2) is 4.98 Å². The number of rotatable bonds is 6. The Kier molecular flexibility index (Phi) is 5.42. The van der Waals surface area contributed by atoms with Crippen molar-refractivity contribution in [1.29, 1.82) is 0 Å². The van der Waals surface area contributed by atoms with E-state index in [1.807, 2.05) is 24.9 Å². The zero-order valence-electron chi connectivity index (χ0n) is 10.4. The number of pyridine rings is 1. The van der Waals surface area contributed by atoms with Crippen LogP contribution in [-0.4, -0.2) is 35.9 Å². The number of nitrogen functional groups attached to an aromatic ring is 1. The molecule has 0 bridgehead atoms. The van der Waals surface area contributed by atoms with E-state index in [4.69, 9.17) is 5.73 Å². The third-order valence-corrected chi connectivity index (χ3v) is 2.29. The number of carbonyl (C=O) groups is 1. The molecule has 5 heteroatoms. The highest BCUT2D eigenvalue weighted by molar-refractivity contribution is 5.77. The molecule has 1 aromatic rings. The fraction of sp³-hybridized carbons (Fsp3) is 0.500. The Hall–Kier alpha value is -1.62. The van der Waals surface area contributed by atoms with Crippen LogP contribution in [0.1, 0.15) is 18.9 Å². The topological polar surface area (TPSA) is 71.2 Å². The number of nitrogens with zero attached hydrogens (tertiary/aromatic N) is 2. The molecule has 5 nitrogen and oxygen atoms in total. The smallest absolute Gasteiger partial charge is 0.234 e. The molecule has 0 aliphatic rings. The minimum absolute atomic E-state index is 0.0535. The highest BCUT2D eigenvalue weighted by Crippen LogP contribution is 2.03. The van der Waals surface area contributed by atoms with Gasteiger partial charge in [0.2, 0.25) is 5.91 Å². The molecule has 17 heavy (non-hydrogen) atoms. The van der Waals surface area contributed by atoms with Gasteiger partial charge in [0.25, 0.3) is 0 Å². The van der Waals surface area contributed by atoms with E-state index < -0.39 is 0 Å². The number of nitrogens with two attached hydrogens (primary N) is 1. The summed E-state index contributed by atoms with van der Waals surface area (Å²) in [5.41, 5.74) is 6.55. The van der Waals surface area contributed by atoms with Crippen LogP contribution in [0, 0.1) is 0 Å². The van der Waals surface area contributed by atoms with Crippen LogP contribution < -0.4 is 11.1 Å². The van der Waals surface area contributed by atoms with Gasteiger partial charge in [-0.1, -0.05) is 13.0 Å². The number of hydrogen-bond donors (Lipinski definition) is 2. The van der Waals surface area contributed by atoms with Crippen LogP contribution in [0.4, 0.5) is 5.82 Å². The molecule has 0 spiro atoms. The molecule has 94 valence electrons. The van der Waals surface area contributed by atoms with Gasteiger partial charge in [-0.3, -0.25) is 9.69 Å². The Bertz CT molecular complexity index is 350. The van der Waals surface area contributed by atoms with E-state index in [9.17, 15) is 4.79 Å². The highest BCUT2D eigenvalue weighted by atomic mass is 16.2. The van der Waals surface area contributed by atoms with Gasteiger partial charge in [-0.2, -0.15) is 0 Å². The first-order valence-corrected chi connectivity index (χ1v) is 5.77. The lowest BCUT2D eigenvalue weighted by Crippen LogP contribution is -2.35. The average molecular weight is 236 g/mol. The molecule has 1 amide bonds. The summed E-state index contributed by atoms with van der Waals surface area (Å²) in [5, 5.41) is 2.84. The van der Waals surface area contributed by atoms with E-state index in [1.54, 1.807) is 12.3 Å². The summed E-state index contributed by atoms with van der Waals surface area (Å²) in [6.07, 6.45) is 2.69. The van der Waals surface area contributed by atoms with Gasteiger partial charge in [0.15, 0.2) is 0 Å². The van der Waals surface area contributed by atoms with Crippen molar-refractivity contribution in [3.63, 3.8) is 0 Å². The zero-order chi connectivity index (χ0) is 12.7. The van der Waals surface area contributed by atoms with E-state index in [0.717, 1.165) is 18.5 Å². The molecule has 0 saturated carbocycles. The van der Waals surface area contributed by atoms with E-state index in [-0.39, 0.29) is 5.91 Å². The summed E-state index contributed by atoms with van der Waals surface area (Å²) in [6, 6.07) is 3.68. The molecular weight excluding hydrogens is 216 g/mol. The van der Waals surface area contributed by atoms with Gasteiger partial charge in [-0.05, 0) is 25.1 Å². The van der Waals surface area contributed by atoms with E-state index in [0.29, 0.717) is 18.9 Å². The van der Waals surface area contributed by atoms with E-state index in [2.05, 4.69) is 10.3 Å². The maximum absolute atomic E-state index is 11.5. The van der Waals surface area contributed by atoms with Crippen molar-refractivity contribution in [1.82, 2.24) is 15.2 Å². The molecule has 3 N–H and O–H groups in total.